The van der Waals surface area contributed by atoms with E-state index in [0.717, 1.165) is 0 Å². The molecule has 0 radical (unpaired) electrons. The maximum atomic E-state index is 11.8. The van der Waals surface area contributed by atoms with Gasteiger partial charge in [0.15, 0.2) is 0 Å². The van der Waals surface area contributed by atoms with Gasteiger partial charge < -0.3 is 14.6 Å². The van der Waals surface area contributed by atoms with Crippen molar-refractivity contribution in [3.05, 3.63) is 0 Å². The fourth-order valence-electron chi connectivity index (χ4n) is 1.71. The van der Waals surface area contributed by atoms with Crippen LogP contribution in [0.5, 0.6) is 0 Å². The molecule has 0 atom stereocenters. The number of carboxylic acids is 1. The fraction of sp³-hybridized carbons (Fsp3) is 0.800. The van der Waals surface area contributed by atoms with E-state index in [4.69, 9.17) is 4.74 Å². The van der Waals surface area contributed by atoms with E-state index < -0.39 is 33.9 Å². The van der Waals surface area contributed by atoms with Crippen molar-refractivity contribution < 1.29 is 32.6 Å². The smallest absolute Gasteiger partial charge is 0.422 e. The zero-order valence-electron chi connectivity index (χ0n) is 11.2. The SMILES string of the molecule is CC(C)OC(=O)NS(=O)(=O)NC1(C(=O)O)CCOCC1. The van der Waals surface area contributed by atoms with E-state index in [0.29, 0.717) is 0 Å². The molecule has 0 bridgehead atoms. The van der Waals surface area contributed by atoms with E-state index in [1.165, 1.54) is 0 Å². The summed E-state index contributed by atoms with van der Waals surface area (Å²) in [6.07, 6.45) is -1.72. The summed E-state index contributed by atoms with van der Waals surface area (Å²) in [4.78, 5) is 22.6. The van der Waals surface area contributed by atoms with Gasteiger partial charge in [0.05, 0.1) is 6.10 Å². The minimum absolute atomic E-state index is 0.0253. The Morgan fingerprint density at radius 1 is 1.30 bits per heavy atom. The van der Waals surface area contributed by atoms with Crippen molar-refractivity contribution in [1.82, 2.24) is 9.44 Å². The van der Waals surface area contributed by atoms with Gasteiger partial charge >= 0.3 is 22.3 Å². The largest absolute Gasteiger partial charge is 0.480 e. The number of rotatable bonds is 5. The van der Waals surface area contributed by atoms with Gasteiger partial charge in [-0.15, -0.1) is 0 Å². The highest BCUT2D eigenvalue weighted by atomic mass is 32.2. The van der Waals surface area contributed by atoms with Gasteiger partial charge in [0.1, 0.15) is 5.54 Å². The summed E-state index contributed by atoms with van der Waals surface area (Å²) in [5, 5.41) is 9.21. The van der Waals surface area contributed by atoms with Crippen molar-refractivity contribution in [3.8, 4) is 0 Å². The molecule has 0 saturated carbocycles. The fourth-order valence-corrected chi connectivity index (χ4v) is 2.83. The van der Waals surface area contributed by atoms with E-state index in [9.17, 15) is 23.1 Å². The number of ether oxygens (including phenoxy) is 2. The van der Waals surface area contributed by atoms with Crippen LogP contribution in [-0.2, 0) is 24.5 Å². The van der Waals surface area contributed by atoms with E-state index in [2.05, 4.69) is 4.74 Å². The molecule has 9 nitrogen and oxygen atoms in total. The predicted octanol–water partition coefficient (Wildman–Crippen LogP) is -0.411. The summed E-state index contributed by atoms with van der Waals surface area (Å²) >= 11 is 0. The molecule has 10 heteroatoms. The first-order chi connectivity index (χ1) is 9.17. The molecule has 1 aliphatic rings. The lowest BCUT2D eigenvalue weighted by molar-refractivity contribution is -0.148. The summed E-state index contributed by atoms with van der Waals surface area (Å²) in [6, 6.07) is 0. The standard InChI is InChI=1S/C10H18N2O7S/c1-7(2)19-9(15)11-20(16,17)12-10(8(13)14)3-5-18-6-4-10/h7,12H,3-6H2,1-2H3,(H,11,15)(H,13,14). The van der Waals surface area contributed by atoms with Crippen LogP contribution in [0.2, 0.25) is 0 Å². The molecule has 0 aliphatic carbocycles. The first-order valence-electron chi connectivity index (χ1n) is 6.00. The van der Waals surface area contributed by atoms with Gasteiger partial charge in [0, 0.05) is 26.1 Å². The maximum Gasteiger partial charge on any atom is 0.422 e. The minimum Gasteiger partial charge on any atom is -0.480 e. The van der Waals surface area contributed by atoms with Gasteiger partial charge in [0.2, 0.25) is 0 Å². The van der Waals surface area contributed by atoms with Crippen LogP contribution in [0.4, 0.5) is 4.79 Å². The van der Waals surface area contributed by atoms with E-state index >= 15 is 0 Å². The highest BCUT2D eigenvalue weighted by Crippen LogP contribution is 2.21. The maximum absolute atomic E-state index is 11.8. The lowest BCUT2D eigenvalue weighted by Crippen LogP contribution is -2.60. The first kappa shape index (κ1) is 16.7. The van der Waals surface area contributed by atoms with E-state index in [1.807, 2.05) is 4.72 Å². The van der Waals surface area contributed by atoms with Crippen LogP contribution in [-0.4, -0.2) is 50.4 Å². The molecule has 1 aliphatic heterocycles. The lowest BCUT2D eigenvalue weighted by atomic mass is 9.92. The zero-order chi connectivity index (χ0) is 15.4. The topological polar surface area (TPSA) is 131 Å². The van der Waals surface area contributed by atoms with Crippen molar-refractivity contribution in [1.29, 1.82) is 0 Å². The third-order valence-corrected chi connectivity index (χ3v) is 3.74. The Morgan fingerprint density at radius 3 is 2.30 bits per heavy atom. The summed E-state index contributed by atoms with van der Waals surface area (Å²) < 4.78 is 36.8. The average Bonchev–Trinajstić information content (AvgIpc) is 2.26. The molecule has 1 fully saturated rings. The van der Waals surface area contributed by atoms with Gasteiger partial charge in [-0.3, -0.25) is 4.79 Å². The molecule has 3 N–H and O–H groups in total. The summed E-state index contributed by atoms with van der Waals surface area (Å²) in [5.41, 5.74) is -1.68. The van der Waals surface area contributed by atoms with E-state index in [1.54, 1.807) is 18.6 Å². The van der Waals surface area contributed by atoms with Crippen molar-refractivity contribution in [2.24, 2.45) is 0 Å². The molecule has 20 heavy (non-hydrogen) atoms. The van der Waals surface area contributed by atoms with Crippen molar-refractivity contribution in [3.63, 3.8) is 0 Å². The number of hydrogen-bond acceptors (Lipinski definition) is 6. The summed E-state index contributed by atoms with van der Waals surface area (Å²) in [5.74, 6) is -1.32. The molecule has 0 aromatic rings. The Morgan fingerprint density at radius 2 is 1.85 bits per heavy atom. The Bertz CT molecular complexity index is 468. The molecular weight excluding hydrogens is 292 g/mol. The quantitative estimate of drug-likeness (QED) is 0.629. The number of carbonyl (C=O) groups excluding carboxylic acids is 1. The molecule has 1 saturated heterocycles. The predicted molar refractivity (Wildman–Crippen MR) is 67.2 cm³/mol. The van der Waals surface area contributed by atoms with Crippen LogP contribution >= 0.6 is 0 Å². The third kappa shape index (κ3) is 4.62. The Hall–Kier alpha value is -1.39. The molecule has 0 unspecified atom stereocenters. The van der Waals surface area contributed by atoms with Gasteiger partial charge in [-0.2, -0.15) is 13.1 Å². The Labute approximate surface area is 116 Å². The highest BCUT2D eigenvalue weighted by molar-refractivity contribution is 7.88. The monoisotopic (exact) mass is 310 g/mol. The van der Waals surface area contributed by atoms with Crippen molar-refractivity contribution in [2.45, 2.75) is 38.3 Å². The Balaban J connectivity index is 2.77. The van der Waals surface area contributed by atoms with Gasteiger partial charge in [0.25, 0.3) is 0 Å². The van der Waals surface area contributed by atoms with Gasteiger partial charge in [-0.25, -0.2) is 9.52 Å². The second-order valence-corrected chi connectivity index (χ2v) is 6.08. The zero-order valence-corrected chi connectivity index (χ0v) is 12.0. The normalized spacial score (nSPS) is 18.6. The number of aliphatic carboxylic acids is 1. The molecule has 0 spiro atoms. The van der Waals surface area contributed by atoms with Gasteiger partial charge in [-0.1, -0.05) is 0 Å². The average molecular weight is 310 g/mol. The Kier molecular flexibility index (Phi) is 5.31. The lowest BCUT2D eigenvalue weighted by Gasteiger charge is -2.33. The summed E-state index contributed by atoms with van der Waals surface area (Å²) in [7, 11) is -4.34. The molecule has 1 heterocycles. The van der Waals surface area contributed by atoms with Crippen LogP contribution < -0.4 is 9.44 Å². The van der Waals surface area contributed by atoms with Crippen LogP contribution in [0, 0.1) is 0 Å². The highest BCUT2D eigenvalue weighted by Gasteiger charge is 2.44. The number of amides is 1. The minimum atomic E-state index is -4.34. The number of hydrogen-bond donors (Lipinski definition) is 3. The number of carbonyl (C=O) groups is 2. The van der Waals surface area contributed by atoms with Crippen LogP contribution in [0.15, 0.2) is 0 Å². The van der Waals surface area contributed by atoms with Crippen LogP contribution in [0.25, 0.3) is 0 Å². The van der Waals surface area contributed by atoms with Crippen molar-refractivity contribution >= 4 is 22.3 Å². The summed E-state index contributed by atoms with van der Waals surface area (Å²) in [6.45, 7) is 3.34. The second kappa shape index (κ2) is 6.37. The molecule has 1 amide bonds. The molecular formula is C10H18N2O7S. The van der Waals surface area contributed by atoms with Crippen molar-refractivity contribution in [2.75, 3.05) is 13.2 Å². The number of nitrogens with one attached hydrogen (secondary N) is 2. The first-order valence-corrected chi connectivity index (χ1v) is 7.49. The molecule has 1 rings (SSSR count). The molecule has 116 valence electrons. The number of carboxylic acid groups (broad SMARTS) is 1. The van der Waals surface area contributed by atoms with Gasteiger partial charge in [-0.05, 0) is 13.8 Å². The van der Waals surface area contributed by atoms with E-state index in [-0.39, 0.29) is 26.1 Å². The molecule has 0 aromatic carbocycles. The molecule has 0 aromatic heterocycles. The second-order valence-electron chi connectivity index (χ2n) is 4.66. The van der Waals surface area contributed by atoms with Crippen LogP contribution in [0.1, 0.15) is 26.7 Å². The van der Waals surface area contributed by atoms with Crippen LogP contribution in [0.3, 0.4) is 0 Å². The third-order valence-electron chi connectivity index (χ3n) is 2.65.